The number of benzene rings is 1. The second-order valence-corrected chi connectivity index (χ2v) is 7.65. The van der Waals surface area contributed by atoms with E-state index in [1.807, 2.05) is 18.2 Å². The van der Waals surface area contributed by atoms with E-state index in [2.05, 4.69) is 16.3 Å². The molecule has 0 bridgehead atoms. The number of aryl methyl sites for hydroxylation is 1. The molecule has 2 heterocycles. The Hall–Kier alpha value is -2.28. The molecule has 0 radical (unpaired) electrons. The summed E-state index contributed by atoms with van der Waals surface area (Å²) in [7, 11) is 0. The van der Waals surface area contributed by atoms with E-state index in [1.165, 1.54) is 0 Å². The Labute approximate surface area is 149 Å². The van der Waals surface area contributed by atoms with Gasteiger partial charge >= 0.3 is 5.97 Å². The van der Waals surface area contributed by atoms with E-state index in [4.69, 9.17) is 14.1 Å². The molecule has 1 aliphatic rings. The minimum Gasteiger partial charge on any atom is -0.455 e. The van der Waals surface area contributed by atoms with Crippen LogP contribution in [-0.2, 0) is 22.6 Å². The van der Waals surface area contributed by atoms with Gasteiger partial charge in [-0.05, 0) is 25.0 Å². The van der Waals surface area contributed by atoms with E-state index in [-0.39, 0.29) is 12.6 Å². The summed E-state index contributed by atoms with van der Waals surface area (Å²) in [5.41, 5.74) is 0.508. The quantitative estimate of drug-likeness (QED) is 0.646. The molecule has 0 N–H and O–H groups in total. The zero-order valence-electron chi connectivity index (χ0n) is 14.0. The van der Waals surface area contributed by atoms with Crippen LogP contribution in [0.5, 0.6) is 0 Å². The molecule has 130 valence electrons. The summed E-state index contributed by atoms with van der Waals surface area (Å²) in [5, 5.41) is 8.63. The number of aromatic nitrogens is 3. The highest BCUT2D eigenvalue weighted by Gasteiger charge is 2.43. The third kappa shape index (κ3) is 3.28. The highest BCUT2D eigenvalue weighted by atomic mass is 32.1. The number of nitrogens with zero attached hydrogens (tertiary/aromatic N) is 3. The van der Waals surface area contributed by atoms with Crippen molar-refractivity contribution in [2.24, 2.45) is 5.41 Å². The summed E-state index contributed by atoms with van der Waals surface area (Å²) in [6.07, 6.45) is 4.39. The highest BCUT2D eigenvalue weighted by molar-refractivity contribution is 7.18. The normalized spacial score (nSPS) is 16.4. The zero-order chi connectivity index (χ0) is 17.3. The third-order valence-electron chi connectivity index (χ3n) is 4.72. The van der Waals surface area contributed by atoms with E-state index in [0.29, 0.717) is 18.2 Å². The van der Waals surface area contributed by atoms with Crippen LogP contribution in [0, 0.1) is 12.3 Å². The minimum atomic E-state index is -0.483. The largest absolute Gasteiger partial charge is 0.455 e. The first-order chi connectivity index (χ1) is 12.1. The maximum atomic E-state index is 12.8. The van der Waals surface area contributed by atoms with Crippen molar-refractivity contribution in [2.75, 3.05) is 0 Å². The van der Waals surface area contributed by atoms with Gasteiger partial charge in [-0.25, -0.2) is 4.98 Å². The SMILES string of the molecule is Cc1nnc(COC(=O)C2(Cc3nc4ccccc4s3)CCCC2)o1. The lowest BCUT2D eigenvalue weighted by atomic mass is 9.83. The van der Waals surface area contributed by atoms with Crippen LogP contribution in [-0.4, -0.2) is 21.2 Å². The molecule has 0 saturated heterocycles. The predicted molar refractivity (Wildman–Crippen MR) is 93.1 cm³/mol. The molecule has 0 amide bonds. The summed E-state index contributed by atoms with van der Waals surface area (Å²) in [5.74, 6) is 0.621. The molecule has 0 unspecified atom stereocenters. The van der Waals surface area contributed by atoms with Gasteiger partial charge in [0.25, 0.3) is 5.89 Å². The topological polar surface area (TPSA) is 78.1 Å². The molecule has 2 aromatic heterocycles. The van der Waals surface area contributed by atoms with Crippen LogP contribution in [0.2, 0.25) is 0 Å². The molecule has 1 saturated carbocycles. The van der Waals surface area contributed by atoms with Crippen molar-refractivity contribution in [2.45, 2.75) is 45.6 Å². The van der Waals surface area contributed by atoms with Crippen LogP contribution in [0.1, 0.15) is 42.5 Å². The van der Waals surface area contributed by atoms with Crippen molar-refractivity contribution in [3.8, 4) is 0 Å². The fourth-order valence-corrected chi connectivity index (χ4v) is 4.58. The number of carbonyl (C=O) groups excluding carboxylic acids is 1. The van der Waals surface area contributed by atoms with Gasteiger partial charge in [0.1, 0.15) is 0 Å². The molecule has 0 aliphatic heterocycles. The fraction of sp³-hybridized carbons (Fsp3) is 0.444. The smallest absolute Gasteiger partial charge is 0.313 e. The average molecular weight is 357 g/mol. The van der Waals surface area contributed by atoms with Crippen LogP contribution in [0.15, 0.2) is 28.7 Å². The molecule has 1 fully saturated rings. The van der Waals surface area contributed by atoms with E-state index in [9.17, 15) is 4.79 Å². The van der Waals surface area contributed by atoms with Gasteiger partial charge in [-0.2, -0.15) is 0 Å². The molecule has 7 heteroatoms. The first-order valence-electron chi connectivity index (χ1n) is 8.45. The second-order valence-electron chi connectivity index (χ2n) is 6.53. The molecular weight excluding hydrogens is 338 g/mol. The lowest BCUT2D eigenvalue weighted by Gasteiger charge is -2.25. The van der Waals surface area contributed by atoms with Crippen molar-refractivity contribution in [1.29, 1.82) is 0 Å². The van der Waals surface area contributed by atoms with Gasteiger partial charge in [-0.3, -0.25) is 4.79 Å². The summed E-state index contributed by atoms with van der Waals surface area (Å²) < 4.78 is 11.9. The number of esters is 1. The standard InChI is InChI=1S/C18H19N3O3S/c1-12-20-21-15(24-12)11-23-17(22)18(8-4-5-9-18)10-16-19-13-6-2-3-7-14(13)25-16/h2-3,6-7H,4-5,8-11H2,1H3. The van der Waals surface area contributed by atoms with Crippen molar-refractivity contribution in [3.63, 3.8) is 0 Å². The van der Waals surface area contributed by atoms with E-state index in [0.717, 1.165) is 40.9 Å². The van der Waals surface area contributed by atoms with Gasteiger partial charge in [0.05, 0.1) is 20.6 Å². The second kappa shape index (κ2) is 6.55. The molecule has 4 rings (SSSR count). The van der Waals surface area contributed by atoms with Crippen molar-refractivity contribution >= 4 is 27.5 Å². The molecule has 3 aromatic rings. The molecule has 0 atom stereocenters. The first-order valence-corrected chi connectivity index (χ1v) is 9.27. The average Bonchev–Trinajstić information content (AvgIpc) is 3.32. The van der Waals surface area contributed by atoms with Gasteiger partial charge < -0.3 is 9.15 Å². The van der Waals surface area contributed by atoms with Gasteiger partial charge in [-0.1, -0.05) is 25.0 Å². The number of thiazole rings is 1. The van der Waals surface area contributed by atoms with Gasteiger partial charge in [0.15, 0.2) is 6.61 Å². The summed E-state index contributed by atoms with van der Waals surface area (Å²) in [6, 6.07) is 8.06. The number of fused-ring (bicyclic) bond motifs is 1. The van der Waals surface area contributed by atoms with Crippen molar-refractivity contribution in [3.05, 3.63) is 41.1 Å². The number of carbonyl (C=O) groups is 1. The summed E-state index contributed by atoms with van der Waals surface area (Å²) in [6.45, 7) is 1.74. The maximum Gasteiger partial charge on any atom is 0.313 e. The fourth-order valence-electron chi connectivity index (χ4n) is 3.47. The molecule has 6 nitrogen and oxygen atoms in total. The summed E-state index contributed by atoms with van der Waals surface area (Å²) in [4.78, 5) is 17.5. The minimum absolute atomic E-state index is 0.0290. The van der Waals surface area contributed by atoms with Crippen LogP contribution in [0.4, 0.5) is 0 Å². The Bertz CT molecular complexity index is 863. The number of para-hydroxylation sites is 1. The van der Waals surface area contributed by atoms with Crippen LogP contribution >= 0.6 is 11.3 Å². The Morgan fingerprint density at radius 3 is 2.80 bits per heavy atom. The van der Waals surface area contributed by atoms with E-state index >= 15 is 0 Å². The number of ether oxygens (including phenoxy) is 1. The Morgan fingerprint density at radius 1 is 1.28 bits per heavy atom. The van der Waals surface area contributed by atoms with E-state index in [1.54, 1.807) is 18.3 Å². The van der Waals surface area contributed by atoms with Crippen molar-refractivity contribution < 1.29 is 13.9 Å². The monoisotopic (exact) mass is 357 g/mol. The van der Waals surface area contributed by atoms with Crippen molar-refractivity contribution in [1.82, 2.24) is 15.2 Å². The molecular formula is C18H19N3O3S. The van der Waals surface area contributed by atoms with E-state index < -0.39 is 5.41 Å². The third-order valence-corrected chi connectivity index (χ3v) is 5.75. The highest BCUT2D eigenvalue weighted by Crippen LogP contribution is 2.43. The maximum absolute atomic E-state index is 12.8. The van der Waals surface area contributed by atoms with Gasteiger partial charge in [-0.15, -0.1) is 21.5 Å². The number of hydrogen-bond acceptors (Lipinski definition) is 7. The zero-order valence-corrected chi connectivity index (χ0v) is 14.8. The Balaban J connectivity index is 1.51. The Morgan fingerprint density at radius 2 is 2.08 bits per heavy atom. The predicted octanol–water partition coefficient (Wildman–Crippen LogP) is 3.83. The molecule has 1 aromatic carbocycles. The van der Waals surface area contributed by atoms with Gasteiger partial charge in [0, 0.05) is 13.3 Å². The summed E-state index contributed by atoms with van der Waals surface area (Å²) >= 11 is 1.66. The van der Waals surface area contributed by atoms with Crippen LogP contribution < -0.4 is 0 Å². The van der Waals surface area contributed by atoms with Gasteiger partial charge in [0.2, 0.25) is 5.89 Å². The first kappa shape index (κ1) is 16.2. The molecule has 25 heavy (non-hydrogen) atoms. The Kier molecular flexibility index (Phi) is 4.25. The molecule has 1 aliphatic carbocycles. The lowest BCUT2D eigenvalue weighted by molar-refractivity contribution is -0.157. The number of rotatable bonds is 5. The van der Waals surface area contributed by atoms with Crippen LogP contribution in [0.25, 0.3) is 10.2 Å². The van der Waals surface area contributed by atoms with Crippen LogP contribution in [0.3, 0.4) is 0 Å². The molecule has 0 spiro atoms. The lowest BCUT2D eigenvalue weighted by Crippen LogP contribution is -2.32. The number of hydrogen-bond donors (Lipinski definition) is 0.